The fraction of sp³-hybridized carbons (Fsp3) is 0.292. The lowest BCUT2D eigenvalue weighted by atomic mass is 10.1. The summed E-state index contributed by atoms with van der Waals surface area (Å²) in [5, 5.41) is 24.6. The van der Waals surface area contributed by atoms with E-state index in [0.29, 0.717) is 22.9 Å². The third kappa shape index (κ3) is 4.21. The highest BCUT2D eigenvalue weighted by Crippen LogP contribution is 2.32. The van der Waals surface area contributed by atoms with E-state index in [9.17, 15) is 4.79 Å². The molecule has 33 heavy (non-hydrogen) atoms. The zero-order valence-corrected chi connectivity index (χ0v) is 19.5. The van der Waals surface area contributed by atoms with Crippen molar-refractivity contribution in [2.24, 2.45) is 0 Å². The zero-order chi connectivity index (χ0) is 23.7. The first-order valence-electron chi connectivity index (χ1n) is 11.0. The largest absolute Gasteiger partial charge is 0.478 e. The molecule has 3 heterocycles. The molecule has 0 fully saturated rings. The van der Waals surface area contributed by atoms with Gasteiger partial charge in [-0.2, -0.15) is 0 Å². The van der Waals surface area contributed by atoms with Crippen LogP contribution in [0, 0.1) is 20.8 Å². The number of aliphatic carboxylic acids is 1. The summed E-state index contributed by atoms with van der Waals surface area (Å²) in [6, 6.07) is 8.28. The fourth-order valence-corrected chi connectivity index (χ4v) is 3.91. The molecule has 0 spiro atoms. The summed E-state index contributed by atoms with van der Waals surface area (Å²) >= 11 is 0. The highest BCUT2D eigenvalue weighted by Gasteiger charge is 2.19. The van der Waals surface area contributed by atoms with Crippen LogP contribution < -0.4 is 10.2 Å². The first-order chi connectivity index (χ1) is 15.8. The molecule has 0 saturated heterocycles. The number of anilines is 3. The lowest BCUT2D eigenvalue weighted by Gasteiger charge is -2.22. The molecular weight excluding hydrogens is 418 g/mol. The molecule has 0 amide bonds. The van der Waals surface area contributed by atoms with Gasteiger partial charge in [0, 0.05) is 36.2 Å². The molecule has 0 unspecified atom stereocenters. The molecule has 9 heteroatoms. The van der Waals surface area contributed by atoms with Crippen LogP contribution in [0.25, 0.3) is 23.2 Å². The summed E-state index contributed by atoms with van der Waals surface area (Å²) in [5.74, 6) is -0.408. The van der Waals surface area contributed by atoms with E-state index in [1.54, 1.807) is 4.52 Å². The van der Waals surface area contributed by atoms with E-state index in [0.717, 1.165) is 53.1 Å². The minimum Gasteiger partial charge on any atom is -0.478 e. The van der Waals surface area contributed by atoms with Crippen LogP contribution in [0.2, 0.25) is 0 Å². The van der Waals surface area contributed by atoms with Gasteiger partial charge in [0.15, 0.2) is 5.82 Å². The summed E-state index contributed by atoms with van der Waals surface area (Å²) in [6.07, 6.45) is 2.62. The number of benzene rings is 1. The molecule has 9 nitrogen and oxygen atoms in total. The number of aromatic amines is 2. The SMILES string of the molecule is CCN(CC)c1ccc(Nc2c(C=CC(=O)O)[nH]n3c(-c4cc(C)c(C)[nH]4)nnc23)c(C)c1. The maximum Gasteiger partial charge on any atom is 0.328 e. The van der Waals surface area contributed by atoms with Gasteiger partial charge >= 0.3 is 5.97 Å². The lowest BCUT2D eigenvalue weighted by molar-refractivity contribution is -0.131. The summed E-state index contributed by atoms with van der Waals surface area (Å²) in [7, 11) is 0. The van der Waals surface area contributed by atoms with E-state index in [2.05, 4.69) is 56.5 Å². The Morgan fingerprint density at radius 2 is 1.91 bits per heavy atom. The minimum atomic E-state index is -1.03. The second-order valence-electron chi connectivity index (χ2n) is 8.04. The van der Waals surface area contributed by atoms with Gasteiger partial charge in [0.1, 0.15) is 5.69 Å². The lowest BCUT2D eigenvalue weighted by Crippen LogP contribution is -2.21. The molecule has 0 atom stereocenters. The monoisotopic (exact) mass is 447 g/mol. The third-order valence-electron chi connectivity index (χ3n) is 5.89. The Labute approximate surface area is 192 Å². The Morgan fingerprint density at radius 1 is 1.15 bits per heavy atom. The molecule has 4 N–H and O–H groups in total. The smallest absolute Gasteiger partial charge is 0.328 e. The van der Waals surface area contributed by atoms with Crippen molar-refractivity contribution in [3.05, 3.63) is 52.9 Å². The van der Waals surface area contributed by atoms with Crippen molar-refractivity contribution in [1.29, 1.82) is 0 Å². The van der Waals surface area contributed by atoms with Crippen LogP contribution >= 0.6 is 0 Å². The number of carboxylic acid groups (broad SMARTS) is 1. The topological polar surface area (TPSA) is 114 Å². The maximum atomic E-state index is 11.2. The van der Waals surface area contributed by atoms with Crippen molar-refractivity contribution in [2.45, 2.75) is 34.6 Å². The van der Waals surface area contributed by atoms with Crippen molar-refractivity contribution in [3.8, 4) is 11.5 Å². The van der Waals surface area contributed by atoms with Crippen LogP contribution in [-0.2, 0) is 4.79 Å². The number of aryl methyl sites for hydroxylation is 3. The molecule has 4 aromatic rings. The Kier molecular flexibility index (Phi) is 5.95. The van der Waals surface area contributed by atoms with E-state index < -0.39 is 5.97 Å². The number of fused-ring (bicyclic) bond motifs is 1. The summed E-state index contributed by atoms with van der Waals surface area (Å²) in [4.78, 5) is 16.8. The first-order valence-corrected chi connectivity index (χ1v) is 11.0. The van der Waals surface area contributed by atoms with E-state index in [1.807, 2.05) is 32.9 Å². The van der Waals surface area contributed by atoms with E-state index in [-0.39, 0.29) is 0 Å². The summed E-state index contributed by atoms with van der Waals surface area (Å²) < 4.78 is 1.76. The third-order valence-corrected chi connectivity index (χ3v) is 5.89. The molecule has 3 aromatic heterocycles. The number of nitrogens with zero attached hydrogens (tertiary/aromatic N) is 4. The van der Waals surface area contributed by atoms with Gasteiger partial charge < -0.3 is 20.3 Å². The van der Waals surface area contributed by atoms with Gasteiger partial charge in [-0.1, -0.05) is 0 Å². The van der Waals surface area contributed by atoms with E-state index in [1.165, 1.54) is 6.08 Å². The van der Waals surface area contributed by atoms with E-state index in [4.69, 9.17) is 5.11 Å². The zero-order valence-electron chi connectivity index (χ0n) is 19.5. The maximum absolute atomic E-state index is 11.2. The molecule has 0 saturated carbocycles. The van der Waals surface area contributed by atoms with Crippen molar-refractivity contribution >= 4 is 34.8 Å². The minimum absolute atomic E-state index is 0.576. The van der Waals surface area contributed by atoms with Gasteiger partial charge in [0.05, 0.1) is 11.4 Å². The van der Waals surface area contributed by atoms with Gasteiger partial charge in [0.2, 0.25) is 5.65 Å². The Morgan fingerprint density at radius 3 is 2.52 bits per heavy atom. The van der Waals surface area contributed by atoms with E-state index >= 15 is 0 Å². The molecule has 4 rings (SSSR count). The molecule has 1 aromatic carbocycles. The van der Waals surface area contributed by atoms with Gasteiger partial charge in [-0.25, -0.2) is 9.31 Å². The van der Waals surface area contributed by atoms with Crippen LogP contribution in [0.15, 0.2) is 30.3 Å². The number of hydrogen-bond acceptors (Lipinski definition) is 5. The number of nitrogens with one attached hydrogen (secondary N) is 3. The average molecular weight is 448 g/mol. The van der Waals surface area contributed by atoms with Crippen LogP contribution in [0.1, 0.15) is 36.4 Å². The predicted octanol–water partition coefficient (Wildman–Crippen LogP) is 4.67. The second-order valence-corrected chi connectivity index (χ2v) is 8.04. The normalized spacial score (nSPS) is 11.5. The number of carboxylic acids is 1. The van der Waals surface area contributed by atoms with Crippen molar-refractivity contribution in [2.75, 3.05) is 23.3 Å². The average Bonchev–Trinajstić information content (AvgIpc) is 3.43. The highest BCUT2D eigenvalue weighted by atomic mass is 16.4. The van der Waals surface area contributed by atoms with Crippen LogP contribution in [0.3, 0.4) is 0 Å². The molecule has 0 radical (unpaired) electrons. The Hall–Kier alpha value is -4.01. The summed E-state index contributed by atoms with van der Waals surface area (Å²) in [6.45, 7) is 12.2. The molecular formula is C24H29N7O2. The molecule has 0 aliphatic carbocycles. The number of aromatic nitrogens is 5. The van der Waals surface area contributed by atoms with Crippen LogP contribution in [-0.4, -0.2) is 49.0 Å². The van der Waals surface area contributed by atoms with Crippen molar-refractivity contribution in [3.63, 3.8) is 0 Å². The summed E-state index contributed by atoms with van der Waals surface area (Å²) in [5.41, 5.74) is 7.99. The number of rotatable bonds is 8. The Bertz CT molecular complexity index is 1320. The van der Waals surface area contributed by atoms with Crippen LogP contribution in [0.5, 0.6) is 0 Å². The fourth-order valence-electron chi connectivity index (χ4n) is 3.91. The molecule has 0 aliphatic heterocycles. The number of carbonyl (C=O) groups is 1. The van der Waals surface area contributed by atoms with Gasteiger partial charge in [-0.15, -0.1) is 10.2 Å². The standard InChI is InChI=1S/C24H29N7O2/c1-6-30(7-2)17-8-9-18(15(4)12-17)26-22-19(10-11-21(32)33)29-31-23(27-28-24(22)31)20-13-14(3)16(5)25-20/h8-13,25-26,29H,6-7H2,1-5H3,(H,32,33). The van der Waals surface area contributed by atoms with Crippen LogP contribution in [0.4, 0.5) is 17.1 Å². The van der Waals surface area contributed by atoms with Gasteiger partial charge in [-0.05, 0) is 76.1 Å². The second kappa shape index (κ2) is 8.85. The number of hydrogen-bond donors (Lipinski definition) is 4. The van der Waals surface area contributed by atoms with Crippen molar-refractivity contribution in [1.82, 2.24) is 24.8 Å². The quantitative estimate of drug-likeness (QED) is 0.292. The predicted molar refractivity (Wildman–Crippen MR) is 131 cm³/mol. The molecule has 0 aliphatic rings. The van der Waals surface area contributed by atoms with Gasteiger partial charge in [-0.3, -0.25) is 5.10 Å². The first kappa shape index (κ1) is 22.2. The van der Waals surface area contributed by atoms with Gasteiger partial charge in [0.25, 0.3) is 0 Å². The highest BCUT2D eigenvalue weighted by molar-refractivity contribution is 5.90. The number of H-pyrrole nitrogens is 2. The Balaban J connectivity index is 1.79. The molecule has 172 valence electrons. The van der Waals surface area contributed by atoms with Crippen molar-refractivity contribution < 1.29 is 9.90 Å². The molecule has 0 bridgehead atoms.